The van der Waals surface area contributed by atoms with Crippen molar-refractivity contribution in [2.75, 3.05) is 7.11 Å². The normalized spacial score (nSPS) is 12.0. The number of nitrogens with one attached hydrogen (secondary N) is 1. The number of hydrazone groups is 1. The fraction of sp³-hybridized carbons (Fsp3) is 0.176. The summed E-state index contributed by atoms with van der Waals surface area (Å²) in [6.45, 7) is 1.66. The van der Waals surface area contributed by atoms with E-state index in [-0.39, 0.29) is 5.91 Å². The number of hydrogen-bond acceptors (Lipinski definition) is 4. The van der Waals surface area contributed by atoms with Crippen LogP contribution in [0.1, 0.15) is 12.5 Å². The zero-order chi connectivity index (χ0) is 16.7. The number of nitrogens with zero attached hydrogens (tertiary/aromatic N) is 1. The molecule has 1 amide bonds. The van der Waals surface area contributed by atoms with Crippen LogP contribution in [0.25, 0.3) is 0 Å². The molecule has 0 spiro atoms. The molecule has 0 heterocycles. The van der Waals surface area contributed by atoms with E-state index in [4.69, 9.17) is 9.47 Å². The highest BCUT2D eigenvalue weighted by molar-refractivity contribution is 9.10. The molecule has 0 radical (unpaired) electrons. The molecule has 2 rings (SSSR count). The summed E-state index contributed by atoms with van der Waals surface area (Å²) in [7, 11) is 1.58. The summed E-state index contributed by atoms with van der Waals surface area (Å²) >= 11 is 3.37. The third-order valence-electron chi connectivity index (χ3n) is 3.03. The zero-order valence-electron chi connectivity index (χ0n) is 12.8. The second kappa shape index (κ2) is 8.33. The Balaban J connectivity index is 1.94. The van der Waals surface area contributed by atoms with Gasteiger partial charge in [-0.15, -0.1) is 0 Å². The van der Waals surface area contributed by atoms with Gasteiger partial charge in [0.1, 0.15) is 11.5 Å². The van der Waals surface area contributed by atoms with Crippen molar-refractivity contribution in [3.8, 4) is 11.5 Å². The van der Waals surface area contributed by atoms with Gasteiger partial charge in [-0.05, 0) is 47.1 Å². The Bertz CT molecular complexity index is 704. The number of halogens is 1. The van der Waals surface area contributed by atoms with Crippen LogP contribution >= 0.6 is 15.9 Å². The Morgan fingerprint density at radius 2 is 1.83 bits per heavy atom. The van der Waals surface area contributed by atoms with Crippen LogP contribution in [-0.2, 0) is 4.79 Å². The average molecular weight is 377 g/mol. The molecule has 23 heavy (non-hydrogen) atoms. The first-order chi connectivity index (χ1) is 11.1. The number of rotatable bonds is 6. The molecule has 120 valence electrons. The maximum atomic E-state index is 12.0. The molecule has 0 aromatic heterocycles. The number of hydrogen-bond donors (Lipinski definition) is 1. The monoisotopic (exact) mass is 376 g/mol. The Hall–Kier alpha value is -2.34. The van der Waals surface area contributed by atoms with E-state index in [2.05, 4.69) is 26.5 Å². The first kappa shape index (κ1) is 17.0. The van der Waals surface area contributed by atoms with Crippen molar-refractivity contribution in [3.63, 3.8) is 0 Å². The highest BCUT2D eigenvalue weighted by Gasteiger charge is 2.15. The Morgan fingerprint density at radius 1 is 1.17 bits per heavy atom. The lowest BCUT2D eigenvalue weighted by Crippen LogP contribution is -2.33. The summed E-state index contributed by atoms with van der Waals surface area (Å²) in [5.74, 6) is 0.943. The minimum Gasteiger partial charge on any atom is -0.496 e. The number of ether oxygens (including phenoxy) is 2. The number of carbonyl (C=O) groups excluding carboxylic acids is 1. The van der Waals surface area contributed by atoms with Gasteiger partial charge >= 0.3 is 0 Å². The number of methoxy groups -OCH3 is 1. The van der Waals surface area contributed by atoms with Crippen LogP contribution in [0.2, 0.25) is 0 Å². The maximum Gasteiger partial charge on any atom is 0.280 e. The van der Waals surface area contributed by atoms with Crippen LogP contribution < -0.4 is 14.9 Å². The summed E-state index contributed by atoms with van der Waals surface area (Å²) in [6.07, 6.45) is 0.852. The van der Waals surface area contributed by atoms with Gasteiger partial charge in [-0.2, -0.15) is 5.10 Å². The molecule has 2 aromatic carbocycles. The van der Waals surface area contributed by atoms with E-state index in [0.717, 1.165) is 10.0 Å². The summed E-state index contributed by atoms with van der Waals surface area (Å²) in [5, 5.41) is 3.94. The van der Waals surface area contributed by atoms with E-state index >= 15 is 0 Å². The van der Waals surface area contributed by atoms with Crippen LogP contribution in [0.15, 0.2) is 58.1 Å². The van der Waals surface area contributed by atoms with E-state index in [1.54, 1.807) is 20.1 Å². The number of para-hydroxylation sites is 2. The predicted octanol–water partition coefficient (Wildman–Crippen LogP) is 3.38. The number of amides is 1. The second-order valence-corrected chi connectivity index (χ2v) is 5.52. The van der Waals surface area contributed by atoms with Crippen molar-refractivity contribution in [1.82, 2.24) is 5.43 Å². The van der Waals surface area contributed by atoms with Gasteiger partial charge in [0.15, 0.2) is 6.10 Å². The van der Waals surface area contributed by atoms with Gasteiger partial charge in [-0.25, -0.2) is 5.43 Å². The molecule has 6 heteroatoms. The number of carbonyl (C=O) groups is 1. The minimum absolute atomic E-state index is 0.341. The molecule has 1 unspecified atom stereocenters. The van der Waals surface area contributed by atoms with Crippen molar-refractivity contribution in [2.45, 2.75) is 13.0 Å². The van der Waals surface area contributed by atoms with E-state index < -0.39 is 6.10 Å². The molecule has 1 atom stereocenters. The molecule has 0 aliphatic heterocycles. The van der Waals surface area contributed by atoms with E-state index in [9.17, 15) is 4.79 Å². The maximum absolute atomic E-state index is 12.0. The molecule has 5 nitrogen and oxygen atoms in total. The van der Waals surface area contributed by atoms with Crippen molar-refractivity contribution < 1.29 is 14.3 Å². The summed E-state index contributed by atoms with van der Waals surface area (Å²) in [6, 6.07) is 14.7. The first-order valence-corrected chi connectivity index (χ1v) is 7.78. The minimum atomic E-state index is -0.677. The highest BCUT2D eigenvalue weighted by atomic mass is 79.9. The lowest BCUT2D eigenvalue weighted by Gasteiger charge is -2.14. The first-order valence-electron chi connectivity index (χ1n) is 6.99. The van der Waals surface area contributed by atoms with Gasteiger partial charge in [0.05, 0.1) is 17.8 Å². The Labute approximate surface area is 143 Å². The fourth-order valence-corrected chi connectivity index (χ4v) is 2.19. The fourth-order valence-electron chi connectivity index (χ4n) is 1.81. The van der Waals surface area contributed by atoms with Gasteiger partial charge in [0.25, 0.3) is 5.91 Å². The molecular weight excluding hydrogens is 360 g/mol. The summed E-state index contributed by atoms with van der Waals surface area (Å²) < 4.78 is 11.6. The molecular formula is C17H17BrN2O3. The van der Waals surface area contributed by atoms with Gasteiger partial charge in [0.2, 0.25) is 0 Å². The van der Waals surface area contributed by atoms with E-state index in [1.807, 2.05) is 42.5 Å². The average Bonchev–Trinajstić information content (AvgIpc) is 2.57. The van der Waals surface area contributed by atoms with Crippen LogP contribution in [0.4, 0.5) is 0 Å². The van der Waals surface area contributed by atoms with Gasteiger partial charge in [-0.3, -0.25) is 4.79 Å². The number of benzene rings is 2. The Kier molecular flexibility index (Phi) is 6.17. The Morgan fingerprint density at radius 3 is 2.52 bits per heavy atom. The van der Waals surface area contributed by atoms with Crippen LogP contribution in [0, 0.1) is 0 Å². The van der Waals surface area contributed by atoms with Gasteiger partial charge < -0.3 is 9.47 Å². The topological polar surface area (TPSA) is 59.9 Å². The largest absolute Gasteiger partial charge is 0.496 e. The quantitative estimate of drug-likeness (QED) is 0.620. The summed E-state index contributed by atoms with van der Waals surface area (Å²) in [4.78, 5) is 12.0. The third kappa shape index (κ3) is 4.82. The predicted molar refractivity (Wildman–Crippen MR) is 93.0 cm³/mol. The van der Waals surface area contributed by atoms with Crippen LogP contribution in [0.5, 0.6) is 11.5 Å². The molecule has 2 aromatic rings. The van der Waals surface area contributed by atoms with Crippen molar-refractivity contribution in [1.29, 1.82) is 0 Å². The van der Waals surface area contributed by atoms with Crippen molar-refractivity contribution in [3.05, 3.63) is 58.6 Å². The third-order valence-corrected chi connectivity index (χ3v) is 3.68. The van der Waals surface area contributed by atoms with Crippen molar-refractivity contribution >= 4 is 28.1 Å². The molecule has 0 bridgehead atoms. The molecule has 0 saturated heterocycles. The van der Waals surface area contributed by atoms with Crippen LogP contribution in [-0.4, -0.2) is 25.3 Å². The molecule has 0 saturated carbocycles. The van der Waals surface area contributed by atoms with Gasteiger partial charge in [-0.1, -0.05) is 24.3 Å². The van der Waals surface area contributed by atoms with E-state index in [0.29, 0.717) is 11.5 Å². The second-order valence-electron chi connectivity index (χ2n) is 4.67. The van der Waals surface area contributed by atoms with E-state index in [1.165, 1.54) is 6.21 Å². The molecule has 1 N–H and O–H groups in total. The lowest BCUT2D eigenvalue weighted by molar-refractivity contribution is -0.127. The van der Waals surface area contributed by atoms with Crippen LogP contribution in [0.3, 0.4) is 0 Å². The molecule has 0 aliphatic rings. The van der Waals surface area contributed by atoms with Gasteiger partial charge in [0, 0.05) is 5.56 Å². The standard InChI is InChI=1S/C17H17BrN2O3/c1-12(23-16-10-6-4-8-14(16)18)17(21)20-19-11-13-7-3-5-9-15(13)22-2/h3-12H,1-2H3,(H,20,21)/b19-11+. The SMILES string of the molecule is COc1ccccc1/C=N/NC(=O)C(C)Oc1ccccc1Br. The van der Waals surface area contributed by atoms with Crippen molar-refractivity contribution in [2.24, 2.45) is 5.10 Å². The summed E-state index contributed by atoms with van der Waals surface area (Å²) in [5.41, 5.74) is 3.23. The smallest absolute Gasteiger partial charge is 0.280 e. The zero-order valence-corrected chi connectivity index (χ0v) is 14.4. The lowest BCUT2D eigenvalue weighted by atomic mass is 10.2. The highest BCUT2D eigenvalue weighted by Crippen LogP contribution is 2.24. The molecule has 0 fully saturated rings. The molecule has 0 aliphatic carbocycles.